The third kappa shape index (κ3) is 4.45. The summed E-state index contributed by atoms with van der Waals surface area (Å²) in [5.41, 5.74) is 0. The van der Waals surface area contributed by atoms with Crippen molar-refractivity contribution in [3.63, 3.8) is 0 Å². The standard InChI is InChI=1S/C6H10F2S/c1-4(5(2)9)3-6(7)8/h4,6H,3H2,1-2H3. The Morgan fingerprint density at radius 1 is 1.56 bits per heavy atom. The topological polar surface area (TPSA) is 0 Å². The van der Waals surface area contributed by atoms with Gasteiger partial charge < -0.3 is 0 Å². The van der Waals surface area contributed by atoms with Crippen LogP contribution < -0.4 is 0 Å². The number of hydrogen-bond acceptors (Lipinski definition) is 1. The van der Waals surface area contributed by atoms with Gasteiger partial charge in [-0.1, -0.05) is 19.1 Å². The molecule has 0 rings (SSSR count). The molecule has 1 atom stereocenters. The molecule has 0 N–H and O–H groups in total. The predicted octanol–water partition coefficient (Wildman–Crippen LogP) is 2.67. The third-order valence-corrected chi connectivity index (χ3v) is 1.63. The van der Waals surface area contributed by atoms with E-state index in [0.29, 0.717) is 4.86 Å². The molecule has 0 aromatic carbocycles. The Morgan fingerprint density at radius 2 is 2.00 bits per heavy atom. The quantitative estimate of drug-likeness (QED) is 0.560. The Kier molecular flexibility index (Phi) is 3.86. The van der Waals surface area contributed by atoms with Crippen LogP contribution >= 0.6 is 12.2 Å². The molecule has 0 aliphatic rings. The van der Waals surface area contributed by atoms with Crippen LogP contribution in [0.5, 0.6) is 0 Å². The maximum Gasteiger partial charge on any atom is 0.239 e. The van der Waals surface area contributed by atoms with Crippen LogP contribution in [0.4, 0.5) is 8.78 Å². The molecule has 1 unspecified atom stereocenters. The SMILES string of the molecule is CC(=S)C(C)CC(F)F. The molecule has 9 heavy (non-hydrogen) atoms. The van der Waals surface area contributed by atoms with Crippen LogP contribution in [0, 0.1) is 5.92 Å². The summed E-state index contributed by atoms with van der Waals surface area (Å²) in [6.07, 6.45) is -2.33. The second-order valence-corrected chi connectivity index (χ2v) is 2.78. The van der Waals surface area contributed by atoms with Gasteiger partial charge in [0.1, 0.15) is 0 Å². The van der Waals surface area contributed by atoms with E-state index in [4.69, 9.17) is 12.2 Å². The smallest absolute Gasteiger partial charge is 0.211 e. The molecular weight excluding hydrogens is 142 g/mol. The highest BCUT2D eigenvalue weighted by molar-refractivity contribution is 7.80. The van der Waals surface area contributed by atoms with E-state index in [1.54, 1.807) is 13.8 Å². The van der Waals surface area contributed by atoms with Crippen molar-refractivity contribution >= 4 is 17.1 Å². The first-order chi connectivity index (χ1) is 4.04. The van der Waals surface area contributed by atoms with Crippen LogP contribution in [0.2, 0.25) is 0 Å². The zero-order chi connectivity index (χ0) is 7.44. The number of thiocarbonyl (C=S) groups is 1. The van der Waals surface area contributed by atoms with E-state index in [9.17, 15) is 8.78 Å². The van der Waals surface area contributed by atoms with Crippen molar-refractivity contribution in [3.8, 4) is 0 Å². The third-order valence-electron chi connectivity index (χ3n) is 1.23. The Balaban J connectivity index is 3.50. The summed E-state index contributed by atoms with van der Waals surface area (Å²) in [4.78, 5) is 0.662. The van der Waals surface area contributed by atoms with Gasteiger partial charge in [-0.25, -0.2) is 8.78 Å². The first-order valence-corrected chi connectivity index (χ1v) is 3.23. The fourth-order valence-corrected chi connectivity index (χ4v) is 0.529. The summed E-state index contributed by atoms with van der Waals surface area (Å²) in [5, 5.41) is 0. The van der Waals surface area contributed by atoms with E-state index < -0.39 is 6.43 Å². The summed E-state index contributed by atoms with van der Waals surface area (Å²) in [5.74, 6) is -0.125. The molecule has 0 bridgehead atoms. The summed E-state index contributed by atoms with van der Waals surface area (Å²) in [6.45, 7) is 3.41. The van der Waals surface area contributed by atoms with Crippen molar-refractivity contribution < 1.29 is 8.78 Å². The molecule has 0 nitrogen and oxygen atoms in total. The zero-order valence-electron chi connectivity index (χ0n) is 5.53. The van der Waals surface area contributed by atoms with Gasteiger partial charge in [0.05, 0.1) is 0 Å². The molecule has 0 aliphatic heterocycles. The van der Waals surface area contributed by atoms with E-state index in [-0.39, 0.29) is 12.3 Å². The lowest BCUT2D eigenvalue weighted by Crippen LogP contribution is -2.08. The van der Waals surface area contributed by atoms with Crippen molar-refractivity contribution in [1.29, 1.82) is 0 Å². The van der Waals surface area contributed by atoms with E-state index in [0.717, 1.165) is 0 Å². The fourth-order valence-electron chi connectivity index (χ4n) is 0.433. The summed E-state index contributed by atoms with van der Waals surface area (Å²) < 4.78 is 23.2. The van der Waals surface area contributed by atoms with Crippen molar-refractivity contribution in [2.24, 2.45) is 5.92 Å². The van der Waals surface area contributed by atoms with Gasteiger partial charge >= 0.3 is 0 Å². The van der Waals surface area contributed by atoms with E-state index in [1.165, 1.54) is 0 Å². The van der Waals surface area contributed by atoms with Gasteiger partial charge in [0.2, 0.25) is 6.43 Å². The number of halogens is 2. The lowest BCUT2D eigenvalue weighted by Gasteiger charge is -2.06. The first-order valence-electron chi connectivity index (χ1n) is 2.82. The van der Waals surface area contributed by atoms with Crippen LogP contribution in [0.15, 0.2) is 0 Å². The molecule has 0 aromatic rings. The highest BCUT2D eigenvalue weighted by atomic mass is 32.1. The Hall–Kier alpha value is -0.0500. The Labute approximate surface area is 59.3 Å². The largest absolute Gasteiger partial charge is 0.239 e. The average Bonchev–Trinajstić information content (AvgIpc) is 1.63. The van der Waals surface area contributed by atoms with Gasteiger partial charge in [0.25, 0.3) is 0 Å². The van der Waals surface area contributed by atoms with Gasteiger partial charge in [-0.3, -0.25) is 0 Å². The second kappa shape index (κ2) is 3.88. The van der Waals surface area contributed by atoms with Gasteiger partial charge in [0, 0.05) is 6.42 Å². The van der Waals surface area contributed by atoms with Crippen molar-refractivity contribution in [2.45, 2.75) is 26.7 Å². The second-order valence-electron chi connectivity index (χ2n) is 2.14. The predicted molar refractivity (Wildman–Crippen MR) is 38.1 cm³/mol. The van der Waals surface area contributed by atoms with Crippen LogP contribution in [0.25, 0.3) is 0 Å². The van der Waals surface area contributed by atoms with Crippen molar-refractivity contribution in [2.75, 3.05) is 0 Å². The highest BCUT2D eigenvalue weighted by Crippen LogP contribution is 2.11. The van der Waals surface area contributed by atoms with E-state index >= 15 is 0 Å². The lowest BCUT2D eigenvalue weighted by atomic mass is 10.1. The average molecular weight is 152 g/mol. The van der Waals surface area contributed by atoms with Crippen LogP contribution in [-0.4, -0.2) is 11.3 Å². The molecule has 0 saturated heterocycles. The summed E-state index contributed by atoms with van der Waals surface area (Å²) in [7, 11) is 0. The monoisotopic (exact) mass is 152 g/mol. The van der Waals surface area contributed by atoms with Gasteiger partial charge in [-0.15, -0.1) is 0 Å². The number of hydrogen-bond donors (Lipinski definition) is 0. The molecule has 0 radical (unpaired) electrons. The zero-order valence-corrected chi connectivity index (χ0v) is 6.34. The molecule has 0 heterocycles. The lowest BCUT2D eigenvalue weighted by molar-refractivity contribution is 0.129. The minimum atomic E-state index is -2.22. The Bertz CT molecular complexity index is 101. The van der Waals surface area contributed by atoms with Crippen molar-refractivity contribution in [3.05, 3.63) is 0 Å². The maximum atomic E-state index is 11.6. The highest BCUT2D eigenvalue weighted by Gasteiger charge is 2.10. The fraction of sp³-hybridized carbons (Fsp3) is 0.833. The number of rotatable bonds is 3. The minimum absolute atomic E-state index is 0.102. The van der Waals surface area contributed by atoms with Gasteiger partial charge in [-0.05, 0) is 17.7 Å². The molecule has 0 aromatic heterocycles. The van der Waals surface area contributed by atoms with Crippen LogP contribution in [-0.2, 0) is 0 Å². The molecule has 0 spiro atoms. The molecule has 0 amide bonds. The van der Waals surface area contributed by atoms with E-state index in [1.807, 2.05) is 0 Å². The Morgan fingerprint density at radius 3 is 2.11 bits per heavy atom. The maximum absolute atomic E-state index is 11.6. The molecule has 3 heteroatoms. The molecule has 0 aliphatic carbocycles. The number of alkyl halides is 2. The first kappa shape index (κ1) is 8.95. The molecule has 0 fully saturated rings. The summed E-state index contributed by atoms with van der Waals surface area (Å²) in [6, 6.07) is 0. The van der Waals surface area contributed by atoms with Crippen LogP contribution in [0.1, 0.15) is 20.3 Å². The van der Waals surface area contributed by atoms with Crippen LogP contribution in [0.3, 0.4) is 0 Å². The van der Waals surface area contributed by atoms with E-state index in [2.05, 4.69) is 0 Å². The minimum Gasteiger partial charge on any atom is -0.211 e. The van der Waals surface area contributed by atoms with Gasteiger partial charge in [-0.2, -0.15) is 0 Å². The molecular formula is C6H10F2S. The van der Waals surface area contributed by atoms with Crippen molar-refractivity contribution in [1.82, 2.24) is 0 Å². The normalized spacial score (nSPS) is 13.9. The summed E-state index contributed by atoms with van der Waals surface area (Å²) >= 11 is 4.70. The molecule has 54 valence electrons. The van der Waals surface area contributed by atoms with Gasteiger partial charge in [0.15, 0.2) is 0 Å². The molecule has 0 saturated carbocycles.